The van der Waals surface area contributed by atoms with E-state index in [-0.39, 0.29) is 11.5 Å². The van der Waals surface area contributed by atoms with Gasteiger partial charge in [-0.2, -0.15) is 5.10 Å². The summed E-state index contributed by atoms with van der Waals surface area (Å²) in [4.78, 5) is 25.5. The van der Waals surface area contributed by atoms with E-state index in [4.69, 9.17) is 5.11 Å². The lowest BCUT2D eigenvalue weighted by Gasteiger charge is -2.17. The second-order valence-corrected chi connectivity index (χ2v) is 6.80. The zero-order valence-electron chi connectivity index (χ0n) is 15.6. The van der Waals surface area contributed by atoms with Crippen LogP contribution in [0.25, 0.3) is 0 Å². The predicted octanol–water partition coefficient (Wildman–Crippen LogP) is 3.67. The summed E-state index contributed by atoms with van der Waals surface area (Å²) in [6.45, 7) is 1.59. The maximum absolute atomic E-state index is 12.4. The Morgan fingerprint density at radius 3 is 2.31 bits per heavy atom. The molecule has 3 aromatic carbocycles. The molecule has 1 aliphatic heterocycles. The molecule has 0 fully saturated rings. The lowest BCUT2D eigenvalue weighted by atomic mass is 10.1. The first-order valence-electron chi connectivity index (χ1n) is 9.19. The molecule has 1 amide bonds. The predicted molar refractivity (Wildman–Crippen MR) is 111 cm³/mol. The lowest BCUT2D eigenvalue weighted by Crippen LogP contribution is -2.18. The zero-order chi connectivity index (χ0) is 20.2. The Labute approximate surface area is 168 Å². The molecule has 2 N–H and O–H groups in total. The number of carbonyl (C=O) groups is 2. The number of rotatable bonds is 5. The Morgan fingerprint density at radius 1 is 0.897 bits per heavy atom. The van der Waals surface area contributed by atoms with E-state index < -0.39 is 5.97 Å². The van der Waals surface area contributed by atoms with E-state index >= 15 is 0 Å². The number of carbonyl (C=O) groups excluding carboxylic acids is 1. The van der Waals surface area contributed by atoms with E-state index in [9.17, 15) is 9.59 Å². The molecule has 6 heteroatoms. The molecule has 1 aliphatic rings. The third-order valence-electron chi connectivity index (χ3n) is 4.85. The quantitative estimate of drug-likeness (QED) is 0.519. The van der Waals surface area contributed by atoms with Crippen molar-refractivity contribution in [3.63, 3.8) is 0 Å². The van der Waals surface area contributed by atoms with E-state index in [1.807, 2.05) is 30.3 Å². The second kappa shape index (κ2) is 7.98. The van der Waals surface area contributed by atoms with Gasteiger partial charge in [-0.3, -0.25) is 4.79 Å². The van der Waals surface area contributed by atoms with Gasteiger partial charge in [0.2, 0.25) is 0 Å². The van der Waals surface area contributed by atoms with Crippen molar-refractivity contribution in [1.82, 2.24) is 5.43 Å². The minimum atomic E-state index is -0.982. The highest BCUT2D eigenvalue weighted by atomic mass is 16.4. The monoisotopic (exact) mass is 385 g/mol. The second-order valence-electron chi connectivity index (χ2n) is 6.80. The number of carboxylic acid groups (broad SMARTS) is 1. The van der Waals surface area contributed by atoms with Crippen molar-refractivity contribution in [1.29, 1.82) is 0 Å². The van der Waals surface area contributed by atoms with Crippen molar-refractivity contribution in [2.45, 2.75) is 13.1 Å². The summed E-state index contributed by atoms with van der Waals surface area (Å²) in [5, 5.41) is 12.9. The van der Waals surface area contributed by atoms with Crippen molar-refractivity contribution >= 4 is 23.8 Å². The van der Waals surface area contributed by atoms with Crippen LogP contribution >= 0.6 is 0 Å². The number of anilines is 1. The standard InChI is InChI=1S/C23H19N3O3/c27-22(25-24-13-16-6-8-17(9-7-16)23(28)29)18-10-11-19-14-26(15-20(19)12-18)21-4-2-1-3-5-21/h1-13H,14-15H2,(H,25,27)(H,28,29)/b24-13+. The molecule has 6 nitrogen and oxygen atoms in total. The first-order valence-corrected chi connectivity index (χ1v) is 9.19. The average molecular weight is 385 g/mol. The van der Waals surface area contributed by atoms with Gasteiger partial charge in [0.05, 0.1) is 11.8 Å². The van der Waals surface area contributed by atoms with Crippen LogP contribution in [0.2, 0.25) is 0 Å². The number of aromatic carboxylic acids is 1. The molecule has 0 aliphatic carbocycles. The number of benzene rings is 3. The number of hydrazone groups is 1. The summed E-state index contributed by atoms with van der Waals surface area (Å²) in [6.07, 6.45) is 1.48. The van der Waals surface area contributed by atoms with Gasteiger partial charge in [-0.25, -0.2) is 10.2 Å². The number of fused-ring (bicyclic) bond motifs is 1. The van der Waals surface area contributed by atoms with Crippen molar-refractivity contribution in [3.05, 3.63) is 101 Å². The lowest BCUT2D eigenvalue weighted by molar-refractivity contribution is 0.0696. The van der Waals surface area contributed by atoms with E-state index in [1.54, 1.807) is 18.2 Å². The fourth-order valence-electron chi connectivity index (χ4n) is 3.30. The summed E-state index contributed by atoms with van der Waals surface area (Å²) in [5.74, 6) is -1.27. The van der Waals surface area contributed by atoms with E-state index in [1.165, 1.54) is 23.9 Å². The molecule has 0 aromatic heterocycles. The maximum Gasteiger partial charge on any atom is 0.335 e. The normalized spacial score (nSPS) is 12.8. The van der Waals surface area contributed by atoms with Gasteiger partial charge in [0.1, 0.15) is 0 Å². The molecular formula is C23H19N3O3. The molecule has 3 aromatic rings. The van der Waals surface area contributed by atoms with Crippen LogP contribution in [0.4, 0.5) is 5.69 Å². The molecule has 4 rings (SSSR count). The minimum absolute atomic E-state index is 0.203. The van der Waals surface area contributed by atoms with Crippen molar-refractivity contribution in [2.24, 2.45) is 5.10 Å². The van der Waals surface area contributed by atoms with E-state index in [2.05, 4.69) is 27.6 Å². The Balaban J connectivity index is 1.40. The van der Waals surface area contributed by atoms with E-state index in [0.29, 0.717) is 11.1 Å². The summed E-state index contributed by atoms with van der Waals surface area (Å²) in [6, 6.07) is 22.1. The maximum atomic E-state index is 12.4. The highest BCUT2D eigenvalue weighted by Crippen LogP contribution is 2.28. The van der Waals surface area contributed by atoms with Crippen LogP contribution < -0.4 is 10.3 Å². The largest absolute Gasteiger partial charge is 0.478 e. The fourth-order valence-corrected chi connectivity index (χ4v) is 3.30. The minimum Gasteiger partial charge on any atom is -0.478 e. The number of hydrogen-bond donors (Lipinski definition) is 2. The summed E-state index contributed by atoms with van der Waals surface area (Å²) in [7, 11) is 0. The highest BCUT2D eigenvalue weighted by Gasteiger charge is 2.20. The van der Waals surface area contributed by atoms with Crippen LogP contribution in [0.15, 0.2) is 77.9 Å². The van der Waals surface area contributed by atoms with Gasteiger partial charge in [0.15, 0.2) is 0 Å². The molecule has 144 valence electrons. The molecule has 29 heavy (non-hydrogen) atoms. The molecule has 1 heterocycles. The Kier molecular flexibility index (Phi) is 5.07. The van der Waals surface area contributed by atoms with Crippen LogP contribution in [-0.4, -0.2) is 23.2 Å². The number of nitrogens with one attached hydrogen (secondary N) is 1. The summed E-state index contributed by atoms with van der Waals surface area (Å²) < 4.78 is 0. The van der Waals surface area contributed by atoms with Crippen molar-refractivity contribution in [2.75, 3.05) is 4.90 Å². The number of amides is 1. The topological polar surface area (TPSA) is 82.0 Å². The number of carboxylic acids is 1. The highest BCUT2D eigenvalue weighted by molar-refractivity contribution is 5.95. The Morgan fingerprint density at radius 2 is 1.59 bits per heavy atom. The third-order valence-corrected chi connectivity index (χ3v) is 4.85. The molecule has 0 unspecified atom stereocenters. The van der Waals surface area contributed by atoms with Crippen molar-refractivity contribution < 1.29 is 14.7 Å². The summed E-state index contributed by atoms with van der Waals surface area (Å²) >= 11 is 0. The van der Waals surface area contributed by atoms with Gasteiger partial charge in [-0.1, -0.05) is 36.4 Å². The smallest absolute Gasteiger partial charge is 0.335 e. The average Bonchev–Trinajstić information content (AvgIpc) is 3.18. The van der Waals surface area contributed by atoms with Crippen LogP contribution in [0.3, 0.4) is 0 Å². The van der Waals surface area contributed by atoms with Crippen LogP contribution in [-0.2, 0) is 13.1 Å². The third kappa shape index (κ3) is 4.16. The molecule has 0 saturated carbocycles. The van der Waals surface area contributed by atoms with E-state index in [0.717, 1.165) is 24.3 Å². The van der Waals surface area contributed by atoms with Crippen molar-refractivity contribution in [3.8, 4) is 0 Å². The Bertz CT molecular complexity index is 1080. The molecule has 0 spiro atoms. The molecule has 0 saturated heterocycles. The van der Waals surface area contributed by atoms with Crippen LogP contribution in [0, 0.1) is 0 Å². The number of para-hydroxylation sites is 1. The van der Waals surface area contributed by atoms with Gasteiger partial charge >= 0.3 is 5.97 Å². The molecule has 0 radical (unpaired) electrons. The SMILES string of the molecule is O=C(O)c1ccc(/C=N/NC(=O)c2ccc3c(c2)CN(c2ccccc2)C3)cc1. The first kappa shape index (κ1) is 18.4. The fraction of sp³-hybridized carbons (Fsp3) is 0.0870. The molecular weight excluding hydrogens is 366 g/mol. The number of nitrogens with zero attached hydrogens (tertiary/aromatic N) is 2. The van der Waals surface area contributed by atoms with Gasteiger partial charge < -0.3 is 10.0 Å². The molecule has 0 atom stereocenters. The first-order chi connectivity index (χ1) is 14.1. The molecule has 0 bridgehead atoms. The summed E-state index contributed by atoms with van der Waals surface area (Å²) in [5.41, 5.74) is 7.48. The van der Waals surface area contributed by atoms with Gasteiger partial charge in [-0.15, -0.1) is 0 Å². The Hall–Kier alpha value is -3.93. The zero-order valence-corrected chi connectivity index (χ0v) is 15.6. The number of hydrogen-bond acceptors (Lipinski definition) is 4. The van der Waals surface area contributed by atoms with Gasteiger partial charge in [0.25, 0.3) is 5.91 Å². The van der Waals surface area contributed by atoms with Crippen LogP contribution in [0.1, 0.15) is 37.4 Å². The van der Waals surface area contributed by atoms with Crippen LogP contribution in [0.5, 0.6) is 0 Å². The van der Waals surface area contributed by atoms with Gasteiger partial charge in [0, 0.05) is 24.3 Å². The van der Waals surface area contributed by atoms with Gasteiger partial charge in [-0.05, 0) is 53.1 Å².